The number of urea groups is 2. The summed E-state index contributed by atoms with van der Waals surface area (Å²) in [6.07, 6.45) is 8.44. The highest BCUT2D eigenvalue weighted by Crippen LogP contribution is 2.37. The number of fused-ring (bicyclic) bond motifs is 4. The summed E-state index contributed by atoms with van der Waals surface area (Å²) in [6, 6.07) is -1.41. The van der Waals surface area contributed by atoms with Crippen molar-refractivity contribution in [1.82, 2.24) is 76.3 Å². The van der Waals surface area contributed by atoms with E-state index < -0.39 is 73.1 Å². The number of carbonyl (C=O) groups is 8. The maximum absolute atomic E-state index is 12.7. The second kappa shape index (κ2) is 37.2. The molecule has 38 heteroatoms. The van der Waals surface area contributed by atoms with Crippen LogP contribution in [0.3, 0.4) is 0 Å². The van der Waals surface area contributed by atoms with Gasteiger partial charge in [-0.3, -0.25) is 33.1 Å². The lowest BCUT2D eigenvalue weighted by atomic mass is 10.0. The Hall–Kier alpha value is -6.62. The first-order valence-corrected chi connectivity index (χ1v) is 37.7. The van der Waals surface area contributed by atoms with Crippen molar-refractivity contribution in [2.24, 2.45) is 5.73 Å². The quantitative estimate of drug-likeness (QED) is 0.0214. The van der Waals surface area contributed by atoms with Gasteiger partial charge in [-0.2, -0.15) is 47.0 Å². The van der Waals surface area contributed by atoms with Crippen LogP contribution >= 0.6 is 47.0 Å². The number of aromatic nitrogens is 8. The minimum absolute atomic E-state index is 0.00481. The van der Waals surface area contributed by atoms with Gasteiger partial charge in [-0.15, -0.1) is 0 Å². The summed E-state index contributed by atoms with van der Waals surface area (Å²) in [5.41, 5.74) is 12.7. The number of carboxylic acid groups (broad SMARTS) is 2. The predicted octanol–water partition coefficient (Wildman–Crippen LogP) is 0.444. The molecule has 0 bridgehead atoms. The molecule has 0 aromatic carbocycles. The lowest BCUT2D eigenvalue weighted by Crippen LogP contribution is -2.41. The number of anilines is 2. The Kier molecular flexibility index (Phi) is 28.7. The van der Waals surface area contributed by atoms with Crippen molar-refractivity contribution in [2.75, 3.05) is 58.7 Å². The number of thioether (sulfide) groups is 4. The van der Waals surface area contributed by atoms with Crippen molar-refractivity contribution in [3.05, 3.63) is 25.3 Å². The minimum Gasteiger partial charge on any atom is -0.480 e. The maximum Gasteiger partial charge on any atom is 0.326 e. The Morgan fingerprint density at radius 3 is 1.59 bits per heavy atom. The molecule has 34 nitrogen and oxygen atoms in total. The molecule has 0 saturated carbocycles. The van der Waals surface area contributed by atoms with Gasteiger partial charge in [-0.1, -0.05) is 25.7 Å². The normalized spacial score (nSPS) is 26.7. The van der Waals surface area contributed by atoms with Crippen LogP contribution in [0.15, 0.2) is 25.3 Å². The molecular formula is C60H90N18O16S4. The number of nitrogens with two attached hydrogens (primary N) is 2. The van der Waals surface area contributed by atoms with Crippen molar-refractivity contribution in [3.63, 3.8) is 0 Å². The van der Waals surface area contributed by atoms with Gasteiger partial charge in [0.25, 0.3) is 0 Å². The lowest BCUT2D eigenvalue weighted by molar-refractivity contribution is -0.142. The van der Waals surface area contributed by atoms with Gasteiger partial charge in [0.1, 0.15) is 54.7 Å². The molecule has 0 radical (unpaired) electrons. The van der Waals surface area contributed by atoms with Crippen molar-refractivity contribution in [1.29, 1.82) is 0 Å². The van der Waals surface area contributed by atoms with Gasteiger partial charge in [-0.05, 0) is 75.7 Å². The minimum atomic E-state index is -1.27. The van der Waals surface area contributed by atoms with E-state index in [0.29, 0.717) is 95.3 Å². The molecule has 4 aromatic heterocycles. The van der Waals surface area contributed by atoms with Gasteiger partial charge >= 0.3 is 24.0 Å². The Labute approximate surface area is 581 Å². The van der Waals surface area contributed by atoms with Gasteiger partial charge in [0.15, 0.2) is 40.9 Å². The second-order valence-corrected chi connectivity index (χ2v) is 29.8. The highest BCUT2D eigenvalue weighted by molar-refractivity contribution is 8.00. The zero-order chi connectivity index (χ0) is 69.8. The Morgan fingerprint density at radius 2 is 1.06 bits per heavy atom. The third-order valence-electron chi connectivity index (χ3n) is 17.8. The van der Waals surface area contributed by atoms with Crippen LogP contribution in [0.2, 0.25) is 0 Å². The third-order valence-corrected chi connectivity index (χ3v) is 23.0. The molecule has 0 aliphatic carbocycles. The zero-order valence-electron chi connectivity index (χ0n) is 54.1. The summed E-state index contributed by atoms with van der Waals surface area (Å²) in [4.78, 5) is 120. The molecular weight excluding hydrogens is 1360 g/mol. The van der Waals surface area contributed by atoms with E-state index in [1.165, 1.54) is 58.0 Å². The summed E-state index contributed by atoms with van der Waals surface area (Å²) in [5.74, 6) is 0.904. The number of nitrogens with zero attached hydrogens (tertiary/aromatic N) is 8. The van der Waals surface area contributed by atoms with E-state index in [1.54, 1.807) is 0 Å². The largest absolute Gasteiger partial charge is 0.480 e. The Bertz CT molecular complexity index is 3360. The van der Waals surface area contributed by atoms with Gasteiger partial charge in [-0.25, -0.2) is 44.3 Å². The standard InChI is InChI=1S/2C30H45N9O8S2/c31-26-23-27(34-14-33-26)39(15-35-23)28-25(43)24(42)18(47-28)13-48-11-9-16(29(44)45)36-21(41)8-2-1-5-10-32-20(40)7-4-3-6-19-22-17(12-49-19)37-30(46)38-22;31-16(29(44)45)9-11-48-13-18-24(42)25(43)28(47-18)39-15-35-23-26(33-14-34-27(23)39)37-21(41)8-2-1-5-10-32-20(40)7-4-3-6-19-22-17(12-49-19)36-30(46)38-22/h14-19,22,24-25,28,42-43H,1-13H2,(H,32,40)(H,36,41)(H,44,45)(H2,31,33,34)(H2,37,38,46);14-19,22,24-25,28,42-43H,1-13,31H2,(H,32,40)(H,44,45)(H2,36,38,46)(H,33,34,37,41)/t16-,17+,18+,19+,22+,24+,25+,28+;16-,17-,18+,19?,22-,24+,25+,28?/m00/s1. The first kappa shape index (κ1) is 75.6. The molecule has 540 valence electrons. The number of aliphatic hydroxyl groups is 4. The molecule has 6 aliphatic rings. The number of nitrogens with one attached hydrogen (secondary N) is 8. The molecule has 6 fully saturated rings. The number of hydrogen-bond acceptors (Lipinski definition) is 26. The molecule has 4 aromatic rings. The summed E-state index contributed by atoms with van der Waals surface area (Å²) in [6.45, 7) is 1.07. The summed E-state index contributed by atoms with van der Waals surface area (Å²) < 4.78 is 14.8. The van der Waals surface area contributed by atoms with Gasteiger partial charge in [0.05, 0.1) is 49.0 Å². The second-order valence-electron chi connectivity index (χ2n) is 25.0. The van der Waals surface area contributed by atoms with Crippen LogP contribution in [0, 0.1) is 0 Å². The van der Waals surface area contributed by atoms with E-state index >= 15 is 0 Å². The predicted molar refractivity (Wildman–Crippen MR) is 365 cm³/mol. The molecule has 2 unspecified atom stereocenters. The summed E-state index contributed by atoms with van der Waals surface area (Å²) >= 11 is 6.46. The number of nitrogen functional groups attached to an aromatic ring is 1. The number of carboxylic acids is 2. The van der Waals surface area contributed by atoms with Crippen LogP contribution in [-0.2, 0) is 38.2 Å². The first-order chi connectivity index (χ1) is 47.2. The average Bonchev–Trinajstić information content (AvgIpc) is 1.64. The van der Waals surface area contributed by atoms with Gasteiger partial charge < -0.3 is 94.1 Å². The molecule has 0 spiro atoms. The molecule has 10 heterocycles. The molecule has 98 heavy (non-hydrogen) atoms. The summed E-state index contributed by atoms with van der Waals surface area (Å²) in [7, 11) is 0. The number of carbonyl (C=O) groups excluding carboxylic acids is 6. The first-order valence-electron chi connectivity index (χ1n) is 33.2. The zero-order valence-corrected chi connectivity index (χ0v) is 57.3. The van der Waals surface area contributed by atoms with Crippen LogP contribution < -0.4 is 54.0 Å². The molecule has 18 N–H and O–H groups in total. The van der Waals surface area contributed by atoms with E-state index in [4.69, 9.17) is 26.0 Å². The number of imidazole rings is 2. The number of rotatable bonds is 38. The number of ether oxygens (including phenoxy) is 2. The highest BCUT2D eigenvalue weighted by Gasteiger charge is 2.47. The van der Waals surface area contributed by atoms with Gasteiger partial charge in [0.2, 0.25) is 23.6 Å². The lowest BCUT2D eigenvalue weighted by Gasteiger charge is -2.17. The Balaban J connectivity index is 0.000000229. The fourth-order valence-electron chi connectivity index (χ4n) is 12.4. The molecule has 6 saturated heterocycles. The van der Waals surface area contributed by atoms with Crippen LogP contribution in [0.5, 0.6) is 0 Å². The van der Waals surface area contributed by atoms with E-state index in [1.807, 2.05) is 23.5 Å². The fraction of sp³-hybridized carbons (Fsp3) is 0.700. The Morgan fingerprint density at radius 1 is 0.582 bits per heavy atom. The van der Waals surface area contributed by atoms with Crippen LogP contribution in [0.4, 0.5) is 21.2 Å². The van der Waals surface area contributed by atoms with Crippen molar-refractivity contribution >= 4 is 129 Å². The third kappa shape index (κ3) is 20.8. The SMILES string of the molecule is N[C@@H](CCSC[C@H]1OC(n2cnc3c(NC(=O)CCCCCNC(=O)CCCCC4SC[C@@H]5NC(=O)N[C@H]45)ncnc32)[C@H](O)[C@@H]1O)C(=O)O.Nc1ncnc2c1ncn2[C@@H]1O[C@H](CSCC[C@H](NC(=O)CCCCCNC(=O)CCCC[C@H]2SC[C@H]3NC(=O)N[C@H]32)C(=O)O)[C@@H](O)[C@H]1O. The number of aliphatic hydroxyl groups excluding tert-OH is 4. The van der Waals surface area contributed by atoms with E-state index in [9.17, 15) is 63.9 Å². The number of amides is 8. The van der Waals surface area contributed by atoms with E-state index in [2.05, 4.69) is 72.4 Å². The van der Waals surface area contributed by atoms with Crippen molar-refractivity contribution < 1.29 is 78.5 Å². The van der Waals surface area contributed by atoms with Crippen molar-refractivity contribution in [3.8, 4) is 0 Å². The van der Waals surface area contributed by atoms with Crippen LogP contribution in [0.25, 0.3) is 22.3 Å². The fourth-order valence-corrected chi connectivity index (χ4v) is 17.6. The van der Waals surface area contributed by atoms with Crippen molar-refractivity contribution in [2.45, 2.75) is 211 Å². The smallest absolute Gasteiger partial charge is 0.326 e. The topological polar surface area (TPSA) is 512 Å². The van der Waals surface area contributed by atoms with E-state index in [-0.39, 0.29) is 103 Å². The molecule has 10 rings (SSSR count). The molecule has 6 aliphatic heterocycles. The van der Waals surface area contributed by atoms with Crippen LogP contribution in [-0.4, -0.2) is 248 Å². The number of unbranched alkanes of at least 4 members (excludes halogenated alkanes) is 6. The number of hydrogen-bond donors (Lipinski definition) is 16. The maximum atomic E-state index is 12.7. The van der Waals surface area contributed by atoms with E-state index in [0.717, 1.165) is 69.3 Å². The molecule has 8 amide bonds. The monoisotopic (exact) mass is 1450 g/mol. The molecule has 16 atom stereocenters. The van der Waals surface area contributed by atoms with Gasteiger partial charge in [0, 0.05) is 72.3 Å². The highest BCUT2D eigenvalue weighted by atomic mass is 32.2. The number of aliphatic carboxylic acids is 2. The average molecular weight is 1450 g/mol. The summed E-state index contributed by atoms with van der Waals surface area (Å²) in [5, 5.41) is 84.9. The van der Waals surface area contributed by atoms with Crippen LogP contribution in [0.1, 0.15) is 128 Å².